The highest BCUT2D eigenvalue weighted by atomic mass is 16.3. The average Bonchev–Trinajstić information content (AvgIpc) is 3.29. The van der Waals surface area contributed by atoms with Crippen LogP contribution in [0.15, 0.2) is 24.7 Å². The fourth-order valence-electron chi connectivity index (χ4n) is 2.86. The lowest BCUT2D eigenvalue weighted by Crippen LogP contribution is -2.24. The quantitative estimate of drug-likeness (QED) is 0.490. The first-order chi connectivity index (χ1) is 15.2. The van der Waals surface area contributed by atoms with E-state index < -0.39 is 0 Å². The van der Waals surface area contributed by atoms with Crippen molar-refractivity contribution in [3.63, 3.8) is 0 Å². The number of fused-ring (bicyclic) bond motifs is 1. The van der Waals surface area contributed by atoms with E-state index in [0.29, 0.717) is 29.6 Å². The normalized spacial score (nSPS) is 13.0. The summed E-state index contributed by atoms with van der Waals surface area (Å²) in [6, 6.07) is 1.83. The van der Waals surface area contributed by atoms with E-state index in [4.69, 9.17) is 15.6 Å². The van der Waals surface area contributed by atoms with Crippen molar-refractivity contribution in [2.75, 3.05) is 44.3 Å². The number of hydrogen-bond acceptors (Lipinski definition) is 9. The molecule has 0 unspecified atom stereocenters. The molecule has 0 aliphatic carbocycles. The van der Waals surface area contributed by atoms with Gasteiger partial charge in [0.2, 0.25) is 5.95 Å². The minimum absolute atomic E-state index is 0.000643. The molecule has 0 radical (unpaired) electrons. The number of hydrogen-bond donors (Lipinski definition) is 4. The van der Waals surface area contributed by atoms with Gasteiger partial charge < -0.3 is 30.8 Å². The Bertz CT molecular complexity index is 881. The summed E-state index contributed by atoms with van der Waals surface area (Å²) in [5, 5.41) is 11.6. The lowest BCUT2D eigenvalue weighted by Gasteiger charge is -2.20. The van der Waals surface area contributed by atoms with E-state index in [1.807, 2.05) is 26.7 Å². The molecule has 4 heterocycles. The molecule has 1 aliphatic rings. The van der Waals surface area contributed by atoms with Gasteiger partial charge in [-0.05, 0) is 39.0 Å². The number of nitrogens with one attached hydrogen (secondary N) is 2. The molecule has 3 aromatic rings. The van der Waals surface area contributed by atoms with Crippen LogP contribution in [-0.4, -0.2) is 75.0 Å². The van der Waals surface area contributed by atoms with Crippen LogP contribution in [0.3, 0.4) is 0 Å². The Labute approximate surface area is 183 Å². The maximum Gasteiger partial charge on any atom is 0.224 e. The van der Waals surface area contributed by atoms with Gasteiger partial charge in [-0.15, -0.1) is 0 Å². The largest absolute Gasteiger partial charge is 0.395 e. The second-order valence-corrected chi connectivity index (χ2v) is 6.47. The van der Waals surface area contributed by atoms with E-state index >= 15 is 0 Å². The molecule has 0 atom stereocenters. The second kappa shape index (κ2) is 14.8. The number of aliphatic hydroxyl groups is 1. The Morgan fingerprint density at radius 1 is 1.16 bits per heavy atom. The van der Waals surface area contributed by atoms with Crippen LogP contribution in [0.25, 0.3) is 22.4 Å². The lowest BCUT2D eigenvalue weighted by molar-refractivity contribution is -0.0979. The number of carbonyl (C=O) groups excluding carboxylic acids is 1. The van der Waals surface area contributed by atoms with Crippen molar-refractivity contribution in [1.29, 1.82) is 0 Å². The first-order valence-corrected chi connectivity index (χ1v) is 10.4. The van der Waals surface area contributed by atoms with E-state index in [1.54, 1.807) is 18.6 Å². The number of anilines is 2. The third-order valence-corrected chi connectivity index (χ3v) is 4.33. The van der Waals surface area contributed by atoms with Crippen molar-refractivity contribution in [2.45, 2.75) is 33.1 Å². The molecule has 0 spiro atoms. The van der Waals surface area contributed by atoms with Gasteiger partial charge in [0, 0.05) is 18.9 Å². The highest BCUT2D eigenvalue weighted by Gasteiger charge is 2.09. The summed E-state index contributed by atoms with van der Waals surface area (Å²) in [7, 11) is 2.19. The smallest absolute Gasteiger partial charge is 0.224 e. The van der Waals surface area contributed by atoms with Crippen LogP contribution >= 0.6 is 0 Å². The molecule has 1 saturated heterocycles. The van der Waals surface area contributed by atoms with Gasteiger partial charge in [-0.3, -0.25) is 0 Å². The third-order valence-electron chi connectivity index (χ3n) is 4.33. The molecule has 170 valence electrons. The molecule has 10 nitrogen and oxygen atoms in total. The summed E-state index contributed by atoms with van der Waals surface area (Å²) in [6.45, 7) is 9.01. The van der Waals surface area contributed by atoms with Gasteiger partial charge in [0.25, 0.3) is 0 Å². The monoisotopic (exact) mass is 430 g/mol. The highest BCUT2D eigenvalue weighted by molar-refractivity contribution is 5.77. The molecule has 3 aromatic heterocycles. The number of nitrogens with zero attached hydrogens (tertiary/aromatic N) is 5. The Balaban J connectivity index is 0.000000366. The van der Waals surface area contributed by atoms with Crippen molar-refractivity contribution < 1.29 is 9.90 Å². The summed E-state index contributed by atoms with van der Waals surface area (Å²) < 4.78 is 0. The zero-order chi connectivity index (χ0) is 23.1. The van der Waals surface area contributed by atoms with Gasteiger partial charge in [0.1, 0.15) is 18.1 Å². The lowest BCUT2D eigenvalue weighted by atomic mass is 10.1. The molecule has 5 N–H and O–H groups in total. The summed E-state index contributed by atoms with van der Waals surface area (Å²) in [5.41, 5.74) is 8.62. The van der Waals surface area contributed by atoms with E-state index in [9.17, 15) is 0 Å². The van der Waals surface area contributed by atoms with Gasteiger partial charge in [0.15, 0.2) is 5.65 Å². The van der Waals surface area contributed by atoms with E-state index in [1.165, 1.54) is 32.4 Å². The number of nitrogen functional groups attached to an aromatic ring is 1. The molecule has 1 fully saturated rings. The van der Waals surface area contributed by atoms with Crippen molar-refractivity contribution in [3.8, 4) is 11.3 Å². The van der Waals surface area contributed by atoms with Crippen LogP contribution in [0.4, 0.5) is 11.8 Å². The van der Waals surface area contributed by atoms with Gasteiger partial charge in [-0.25, -0.2) is 15.0 Å². The minimum Gasteiger partial charge on any atom is -0.395 e. The SMILES string of the molecule is C=O.CC.CN1CCCCC1.Nc1nc(NCCO)ncc1-c1cnc2[nH]ccc2n1. The van der Waals surface area contributed by atoms with Crippen LogP contribution in [0.2, 0.25) is 0 Å². The summed E-state index contributed by atoms with van der Waals surface area (Å²) in [5.74, 6) is 0.681. The summed E-state index contributed by atoms with van der Waals surface area (Å²) in [4.78, 5) is 30.3. The number of piperidine rings is 1. The highest BCUT2D eigenvalue weighted by Crippen LogP contribution is 2.23. The maximum atomic E-state index is 8.74. The van der Waals surface area contributed by atoms with E-state index in [0.717, 1.165) is 11.2 Å². The first kappa shape index (κ1) is 25.9. The van der Waals surface area contributed by atoms with Crippen LogP contribution in [0.5, 0.6) is 0 Å². The molecule has 0 aromatic carbocycles. The van der Waals surface area contributed by atoms with Crippen molar-refractivity contribution in [3.05, 3.63) is 24.7 Å². The van der Waals surface area contributed by atoms with Gasteiger partial charge in [0.05, 0.1) is 24.1 Å². The number of aromatic nitrogens is 5. The van der Waals surface area contributed by atoms with Crippen LogP contribution < -0.4 is 11.1 Å². The summed E-state index contributed by atoms with van der Waals surface area (Å²) in [6.07, 6.45) is 9.26. The standard InChI is InChI=1S/C12H13N7O.C6H13N.C2H6.CH2O/c13-10-7(5-17-12(19-10)15-3-4-20)9-6-16-11-8(18-9)1-2-14-11;1-7-5-3-2-4-6-7;2*1-2/h1-2,5-6,20H,3-4H2,(H,14,16)(H3,13,15,17,19);2-6H2,1H3;1-2H3;1H2. The predicted octanol–water partition coefficient (Wildman–Crippen LogP) is 2.34. The Morgan fingerprint density at radius 3 is 2.45 bits per heavy atom. The number of aromatic amines is 1. The zero-order valence-corrected chi connectivity index (χ0v) is 18.6. The van der Waals surface area contributed by atoms with Crippen molar-refractivity contribution in [1.82, 2.24) is 29.8 Å². The maximum absolute atomic E-state index is 8.74. The van der Waals surface area contributed by atoms with Crippen LogP contribution in [0, 0.1) is 0 Å². The number of nitrogens with two attached hydrogens (primary N) is 1. The number of rotatable bonds is 4. The predicted molar refractivity (Wildman–Crippen MR) is 125 cm³/mol. The molecular formula is C21H34N8O2. The number of aliphatic hydroxyl groups excluding tert-OH is 1. The Morgan fingerprint density at radius 2 is 1.87 bits per heavy atom. The number of likely N-dealkylation sites (tertiary alicyclic amines) is 1. The summed E-state index contributed by atoms with van der Waals surface area (Å²) >= 11 is 0. The fourth-order valence-corrected chi connectivity index (χ4v) is 2.86. The van der Waals surface area contributed by atoms with Gasteiger partial charge in [-0.1, -0.05) is 20.3 Å². The molecule has 1 aliphatic heterocycles. The first-order valence-electron chi connectivity index (χ1n) is 10.4. The molecule has 31 heavy (non-hydrogen) atoms. The van der Waals surface area contributed by atoms with Crippen molar-refractivity contribution >= 4 is 29.7 Å². The molecule has 4 rings (SSSR count). The zero-order valence-electron chi connectivity index (χ0n) is 18.6. The minimum atomic E-state index is 0.000643. The van der Waals surface area contributed by atoms with Crippen molar-refractivity contribution in [2.24, 2.45) is 0 Å². The number of H-pyrrole nitrogens is 1. The molecule has 0 saturated carbocycles. The molecule has 0 bridgehead atoms. The Hall–Kier alpha value is -3.11. The van der Waals surface area contributed by atoms with Gasteiger partial charge in [-0.2, -0.15) is 4.98 Å². The Kier molecular flexibility index (Phi) is 12.4. The second-order valence-electron chi connectivity index (χ2n) is 6.47. The third kappa shape index (κ3) is 8.27. The fraction of sp³-hybridized carbons (Fsp3) is 0.476. The molecular weight excluding hydrogens is 396 g/mol. The van der Waals surface area contributed by atoms with E-state index in [2.05, 4.69) is 42.2 Å². The average molecular weight is 431 g/mol. The van der Waals surface area contributed by atoms with Crippen LogP contribution in [0.1, 0.15) is 33.1 Å². The number of carbonyl (C=O) groups is 1. The van der Waals surface area contributed by atoms with E-state index in [-0.39, 0.29) is 6.61 Å². The topological polar surface area (TPSA) is 146 Å². The van der Waals surface area contributed by atoms with Gasteiger partial charge >= 0.3 is 0 Å². The molecule has 0 amide bonds. The molecule has 10 heteroatoms. The van der Waals surface area contributed by atoms with Crippen LogP contribution in [-0.2, 0) is 4.79 Å².